The van der Waals surface area contributed by atoms with Gasteiger partial charge in [-0.3, -0.25) is 4.79 Å². The van der Waals surface area contributed by atoms with Crippen molar-refractivity contribution in [3.05, 3.63) is 50.4 Å². The number of benzene rings is 1. The van der Waals surface area contributed by atoms with Gasteiger partial charge in [-0.05, 0) is 34.1 Å². The first-order valence-electron chi connectivity index (χ1n) is 5.78. The number of nitrogens with zero attached hydrogens (tertiary/aromatic N) is 2. The molecule has 2 rings (SSSR count). The highest BCUT2D eigenvalue weighted by Crippen LogP contribution is 2.32. The van der Waals surface area contributed by atoms with Crippen molar-refractivity contribution in [3.63, 3.8) is 0 Å². The van der Waals surface area contributed by atoms with E-state index in [2.05, 4.69) is 20.9 Å². The van der Waals surface area contributed by atoms with E-state index in [-0.39, 0.29) is 12.1 Å². The summed E-state index contributed by atoms with van der Waals surface area (Å²) in [6.45, 7) is 0.241. The molecule has 0 saturated carbocycles. The molecule has 1 aromatic heterocycles. The van der Waals surface area contributed by atoms with Crippen LogP contribution in [0.2, 0.25) is 0 Å². The van der Waals surface area contributed by atoms with Crippen LogP contribution in [0.1, 0.15) is 21.6 Å². The molecule has 0 saturated heterocycles. The van der Waals surface area contributed by atoms with Crippen LogP contribution in [-0.4, -0.2) is 22.8 Å². The van der Waals surface area contributed by atoms with E-state index in [1.165, 1.54) is 29.4 Å². The number of halogens is 4. The molecule has 0 atom stereocenters. The van der Waals surface area contributed by atoms with Crippen LogP contribution in [-0.2, 0) is 12.7 Å². The third kappa shape index (κ3) is 3.82. The van der Waals surface area contributed by atoms with E-state index in [9.17, 15) is 18.0 Å². The standard InChI is InChI=1S/C13H10BrF3N2OS/c1-19(5-9-6-21-7-18-9)12(20)10-4-8(13(15,16)17)2-3-11(10)14/h2-4,6-7H,5H2,1H3. The summed E-state index contributed by atoms with van der Waals surface area (Å²) in [5, 5.41) is 1.78. The number of hydrogen-bond donors (Lipinski definition) is 0. The minimum absolute atomic E-state index is 0.0254. The van der Waals surface area contributed by atoms with Gasteiger partial charge in [-0.25, -0.2) is 4.98 Å². The van der Waals surface area contributed by atoms with Crippen molar-refractivity contribution in [1.29, 1.82) is 0 Å². The molecule has 21 heavy (non-hydrogen) atoms. The summed E-state index contributed by atoms with van der Waals surface area (Å²) >= 11 is 4.51. The Labute approximate surface area is 131 Å². The number of rotatable bonds is 3. The Bertz CT molecular complexity index is 643. The Morgan fingerprint density at radius 3 is 2.71 bits per heavy atom. The van der Waals surface area contributed by atoms with Gasteiger partial charge in [0.2, 0.25) is 0 Å². The molecule has 0 fully saturated rings. The van der Waals surface area contributed by atoms with Gasteiger partial charge in [0.05, 0.1) is 28.9 Å². The molecule has 2 aromatic rings. The Hall–Kier alpha value is -1.41. The first kappa shape index (κ1) is 16.0. The first-order chi connectivity index (χ1) is 9.79. The maximum absolute atomic E-state index is 12.7. The van der Waals surface area contributed by atoms with Gasteiger partial charge in [0, 0.05) is 16.9 Å². The molecule has 0 spiro atoms. The van der Waals surface area contributed by atoms with Gasteiger partial charge in [-0.15, -0.1) is 11.3 Å². The minimum Gasteiger partial charge on any atom is -0.336 e. The Kier molecular flexibility index (Phi) is 4.67. The second-order valence-electron chi connectivity index (χ2n) is 4.33. The van der Waals surface area contributed by atoms with Crippen LogP contribution in [0.3, 0.4) is 0 Å². The van der Waals surface area contributed by atoms with Crippen LogP contribution in [0, 0.1) is 0 Å². The van der Waals surface area contributed by atoms with Crippen molar-refractivity contribution in [2.45, 2.75) is 12.7 Å². The second-order valence-corrected chi connectivity index (χ2v) is 5.91. The lowest BCUT2D eigenvalue weighted by molar-refractivity contribution is -0.137. The monoisotopic (exact) mass is 378 g/mol. The fraction of sp³-hybridized carbons (Fsp3) is 0.231. The summed E-state index contributed by atoms with van der Waals surface area (Å²) in [4.78, 5) is 17.6. The highest BCUT2D eigenvalue weighted by Gasteiger charge is 2.32. The number of amides is 1. The van der Waals surface area contributed by atoms with Crippen LogP contribution in [0.5, 0.6) is 0 Å². The zero-order chi connectivity index (χ0) is 15.6. The minimum atomic E-state index is -4.48. The van der Waals surface area contributed by atoms with E-state index in [0.29, 0.717) is 10.2 Å². The Morgan fingerprint density at radius 1 is 1.43 bits per heavy atom. The van der Waals surface area contributed by atoms with Gasteiger partial charge >= 0.3 is 6.18 Å². The van der Waals surface area contributed by atoms with E-state index in [1.807, 2.05) is 0 Å². The topological polar surface area (TPSA) is 33.2 Å². The van der Waals surface area contributed by atoms with Crippen LogP contribution >= 0.6 is 27.3 Å². The van der Waals surface area contributed by atoms with Crippen LogP contribution in [0.4, 0.5) is 13.2 Å². The van der Waals surface area contributed by atoms with Gasteiger partial charge in [0.1, 0.15) is 0 Å². The van der Waals surface area contributed by atoms with Crippen molar-refractivity contribution in [1.82, 2.24) is 9.88 Å². The van der Waals surface area contributed by atoms with Crippen LogP contribution in [0.25, 0.3) is 0 Å². The molecular weight excluding hydrogens is 369 g/mol. The maximum atomic E-state index is 12.7. The predicted octanol–water partition coefficient (Wildman–Crippen LogP) is 4.20. The molecule has 0 aliphatic heterocycles. The average molecular weight is 379 g/mol. The summed E-state index contributed by atoms with van der Waals surface area (Å²) in [5.74, 6) is -0.499. The third-order valence-electron chi connectivity index (χ3n) is 2.75. The summed E-state index contributed by atoms with van der Waals surface area (Å²) in [5.41, 5.74) is 1.45. The van der Waals surface area contributed by atoms with E-state index in [4.69, 9.17) is 0 Å². The molecular formula is C13H10BrF3N2OS. The molecule has 0 bridgehead atoms. The molecule has 1 amide bonds. The molecule has 0 N–H and O–H groups in total. The molecule has 0 aliphatic rings. The van der Waals surface area contributed by atoms with Gasteiger partial charge < -0.3 is 4.90 Å². The highest BCUT2D eigenvalue weighted by molar-refractivity contribution is 9.10. The van der Waals surface area contributed by atoms with E-state index < -0.39 is 17.6 Å². The van der Waals surface area contributed by atoms with E-state index >= 15 is 0 Å². The average Bonchev–Trinajstić information content (AvgIpc) is 2.90. The normalized spacial score (nSPS) is 11.5. The number of carbonyl (C=O) groups excluding carboxylic acids is 1. The van der Waals surface area contributed by atoms with Crippen molar-refractivity contribution >= 4 is 33.2 Å². The molecule has 3 nitrogen and oxygen atoms in total. The lowest BCUT2D eigenvalue weighted by Gasteiger charge is -2.18. The Balaban J connectivity index is 2.26. The molecule has 112 valence electrons. The summed E-state index contributed by atoms with van der Waals surface area (Å²) in [7, 11) is 1.52. The second kappa shape index (κ2) is 6.15. The van der Waals surface area contributed by atoms with Gasteiger partial charge in [0.15, 0.2) is 0 Å². The van der Waals surface area contributed by atoms with Crippen LogP contribution < -0.4 is 0 Å². The zero-order valence-electron chi connectivity index (χ0n) is 10.8. The van der Waals surface area contributed by atoms with E-state index in [1.54, 1.807) is 10.9 Å². The van der Waals surface area contributed by atoms with Gasteiger partial charge in [-0.1, -0.05) is 0 Å². The quantitative estimate of drug-likeness (QED) is 0.801. The summed E-state index contributed by atoms with van der Waals surface area (Å²) < 4.78 is 38.5. The fourth-order valence-electron chi connectivity index (χ4n) is 1.70. The molecule has 0 unspecified atom stereocenters. The summed E-state index contributed by atoms with van der Waals surface area (Å²) in [6, 6.07) is 3.01. The maximum Gasteiger partial charge on any atom is 0.416 e. The largest absolute Gasteiger partial charge is 0.416 e. The number of hydrogen-bond acceptors (Lipinski definition) is 3. The lowest BCUT2D eigenvalue weighted by atomic mass is 10.1. The number of thiazole rings is 1. The molecule has 0 aliphatic carbocycles. The predicted molar refractivity (Wildman–Crippen MR) is 77.1 cm³/mol. The van der Waals surface area contributed by atoms with E-state index in [0.717, 1.165) is 12.1 Å². The molecule has 0 radical (unpaired) electrons. The number of carbonyl (C=O) groups is 1. The van der Waals surface area contributed by atoms with Crippen molar-refractivity contribution in [2.24, 2.45) is 0 Å². The van der Waals surface area contributed by atoms with Crippen molar-refractivity contribution in [2.75, 3.05) is 7.05 Å². The SMILES string of the molecule is CN(Cc1cscn1)C(=O)c1cc(C(F)(F)F)ccc1Br. The smallest absolute Gasteiger partial charge is 0.336 e. The third-order valence-corrected chi connectivity index (χ3v) is 4.08. The van der Waals surface area contributed by atoms with Crippen molar-refractivity contribution < 1.29 is 18.0 Å². The molecule has 1 aromatic carbocycles. The van der Waals surface area contributed by atoms with Crippen molar-refractivity contribution in [3.8, 4) is 0 Å². The zero-order valence-corrected chi connectivity index (χ0v) is 13.2. The van der Waals surface area contributed by atoms with Crippen LogP contribution in [0.15, 0.2) is 33.6 Å². The molecule has 1 heterocycles. The number of alkyl halides is 3. The lowest BCUT2D eigenvalue weighted by Crippen LogP contribution is -2.27. The van der Waals surface area contributed by atoms with Gasteiger partial charge in [-0.2, -0.15) is 13.2 Å². The first-order valence-corrected chi connectivity index (χ1v) is 7.52. The highest BCUT2D eigenvalue weighted by atomic mass is 79.9. The number of aromatic nitrogens is 1. The molecule has 8 heteroatoms. The fourth-order valence-corrected chi connectivity index (χ4v) is 2.67. The Morgan fingerprint density at radius 2 is 2.14 bits per heavy atom. The van der Waals surface area contributed by atoms with Gasteiger partial charge in [0.25, 0.3) is 5.91 Å². The summed E-state index contributed by atoms with van der Waals surface area (Å²) in [6.07, 6.45) is -4.48.